The first kappa shape index (κ1) is 18.2. The standard InChI is InChI=1S/C17H17FN6O3/c1-11(7-24-10-19-9-21-24)22-16(25)14-6-20-15(23-17(14)26)8-27-13-4-2-12(18)3-5-13/h2-6,9-11H,7-8H2,1H3,(H,22,25)(H,20,23,26)/t11-/m0/s1. The highest BCUT2D eigenvalue weighted by Crippen LogP contribution is 2.12. The van der Waals surface area contributed by atoms with E-state index in [4.69, 9.17) is 4.74 Å². The fourth-order valence-corrected chi connectivity index (χ4v) is 2.30. The minimum atomic E-state index is -0.576. The summed E-state index contributed by atoms with van der Waals surface area (Å²) in [5.74, 6) is -0.232. The van der Waals surface area contributed by atoms with E-state index >= 15 is 0 Å². The van der Waals surface area contributed by atoms with Crippen LogP contribution in [-0.2, 0) is 13.2 Å². The Morgan fingerprint density at radius 3 is 2.81 bits per heavy atom. The highest BCUT2D eigenvalue weighted by atomic mass is 19.1. The van der Waals surface area contributed by atoms with Gasteiger partial charge in [0, 0.05) is 12.2 Å². The van der Waals surface area contributed by atoms with Gasteiger partial charge in [0.2, 0.25) is 0 Å². The Kier molecular flexibility index (Phi) is 5.55. The van der Waals surface area contributed by atoms with Crippen molar-refractivity contribution < 1.29 is 13.9 Å². The van der Waals surface area contributed by atoms with E-state index in [0.29, 0.717) is 12.3 Å². The Hall–Kier alpha value is -3.56. The van der Waals surface area contributed by atoms with Gasteiger partial charge in [-0.1, -0.05) is 0 Å². The van der Waals surface area contributed by atoms with Crippen LogP contribution in [0.1, 0.15) is 23.1 Å². The molecule has 2 heterocycles. The molecule has 0 aliphatic carbocycles. The Labute approximate surface area is 153 Å². The first-order chi connectivity index (χ1) is 13.0. The smallest absolute Gasteiger partial charge is 0.263 e. The number of hydrogen-bond donors (Lipinski definition) is 2. The van der Waals surface area contributed by atoms with Crippen molar-refractivity contribution in [2.24, 2.45) is 0 Å². The molecule has 0 aliphatic rings. The molecule has 27 heavy (non-hydrogen) atoms. The molecule has 0 aliphatic heterocycles. The average molecular weight is 372 g/mol. The molecule has 1 aromatic carbocycles. The Morgan fingerprint density at radius 1 is 1.37 bits per heavy atom. The normalized spacial score (nSPS) is 11.8. The SMILES string of the molecule is C[C@@H](Cn1cncn1)NC(=O)c1cnc(COc2ccc(F)cc2)[nH]c1=O. The summed E-state index contributed by atoms with van der Waals surface area (Å²) in [4.78, 5) is 34.8. The number of nitrogens with zero attached hydrogens (tertiary/aromatic N) is 4. The number of benzene rings is 1. The summed E-state index contributed by atoms with van der Waals surface area (Å²) in [6, 6.07) is 5.19. The van der Waals surface area contributed by atoms with Crippen LogP contribution in [0.2, 0.25) is 0 Å². The van der Waals surface area contributed by atoms with E-state index in [0.717, 1.165) is 0 Å². The summed E-state index contributed by atoms with van der Waals surface area (Å²) >= 11 is 0. The third-order valence-electron chi connectivity index (χ3n) is 3.59. The Morgan fingerprint density at radius 2 is 2.15 bits per heavy atom. The molecule has 0 saturated heterocycles. The van der Waals surface area contributed by atoms with Gasteiger partial charge in [0.1, 0.15) is 42.2 Å². The van der Waals surface area contributed by atoms with E-state index < -0.39 is 11.5 Å². The number of amides is 1. The highest BCUT2D eigenvalue weighted by molar-refractivity contribution is 5.93. The Bertz CT molecular complexity index is 956. The number of carbonyl (C=O) groups excluding carboxylic acids is 1. The summed E-state index contributed by atoms with van der Waals surface area (Å²) in [6.07, 6.45) is 4.13. The molecule has 0 unspecified atom stereocenters. The van der Waals surface area contributed by atoms with Gasteiger partial charge in [0.05, 0.1) is 6.54 Å². The van der Waals surface area contributed by atoms with Crippen LogP contribution < -0.4 is 15.6 Å². The van der Waals surface area contributed by atoms with Crippen molar-refractivity contribution in [3.05, 3.63) is 70.7 Å². The van der Waals surface area contributed by atoms with Gasteiger partial charge >= 0.3 is 0 Å². The largest absolute Gasteiger partial charge is 0.486 e. The lowest BCUT2D eigenvalue weighted by Gasteiger charge is -2.13. The maximum Gasteiger partial charge on any atom is 0.263 e. The second-order valence-electron chi connectivity index (χ2n) is 5.81. The minimum Gasteiger partial charge on any atom is -0.486 e. The zero-order valence-electron chi connectivity index (χ0n) is 14.4. The molecule has 10 heteroatoms. The number of H-pyrrole nitrogens is 1. The number of ether oxygens (including phenoxy) is 1. The van der Waals surface area contributed by atoms with Crippen molar-refractivity contribution in [1.29, 1.82) is 0 Å². The first-order valence-electron chi connectivity index (χ1n) is 8.11. The third-order valence-corrected chi connectivity index (χ3v) is 3.59. The number of nitrogens with one attached hydrogen (secondary N) is 2. The Balaban J connectivity index is 1.59. The van der Waals surface area contributed by atoms with E-state index in [9.17, 15) is 14.0 Å². The molecule has 2 N–H and O–H groups in total. The van der Waals surface area contributed by atoms with Crippen LogP contribution in [0.5, 0.6) is 5.75 Å². The van der Waals surface area contributed by atoms with Crippen molar-refractivity contribution in [2.75, 3.05) is 0 Å². The molecule has 9 nitrogen and oxygen atoms in total. The van der Waals surface area contributed by atoms with E-state index in [1.54, 1.807) is 11.6 Å². The molecular formula is C17H17FN6O3. The summed E-state index contributed by atoms with van der Waals surface area (Å²) in [7, 11) is 0. The number of carbonyl (C=O) groups is 1. The zero-order chi connectivity index (χ0) is 19.2. The molecule has 0 spiro atoms. The second-order valence-corrected chi connectivity index (χ2v) is 5.81. The molecule has 1 atom stereocenters. The van der Waals surface area contributed by atoms with E-state index in [1.807, 2.05) is 0 Å². The topological polar surface area (TPSA) is 115 Å². The number of halogens is 1. The van der Waals surface area contributed by atoms with Gasteiger partial charge in [0.15, 0.2) is 0 Å². The van der Waals surface area contributed by atoms with Crippen LogP contribution >= 0.6 is 0 Å². The summed E-state index contributed by atoms with van der Waals surface area (Å²) in [5.41, 5.74) is -0.681. The highest BCUT2D eigenvalue weighted by Gasteiger charge is 2.15. The van der Waals surface area contributed by atoms with Gasteiger partial charge in [-0.05, 0) is 31.2 Å². The summed E-state index contributed by atoms with van der Waals surface area (Å²) in [6.45, 7) is 2.18. The van der Waals surface area contributed by atoms with Crippen molar-refractivity contribution in [1.82, 2.24) is 30.0 Å². The zero-order valence-corrected chi connectivity index (χ0v) is 14.4. The number of rotatable bonds is 7. The van der Waals surface area contributed by atoms with Crippen LogP contribution in [-0.4, -0.2) is 36.7 Å². The van der Waals surface area contributed by atoms with Gasteiger partial charge in [-0.25, -0.2) is 14.4 Å². The van der Waals surface area contributed by atoms with Gasteiger partial charge in [-0.2, -0.15) is 5.10 Å². The van der Waals surface area contributed by atoms with E-state index in [2.05, 4.69) is 25.4 Å². The predicted molar refractivity (Wildman–Crippen MR) is 92.5 cm³/mol. The molecule has 0 bridgehead atoms. The fourth-order valence-electron chi connectivity index (χ4n) is 2.30. The quantitative estimate of drug-likeness (QED) is 0.637. The van der Waals surface area contributed by atoms with Crippen LogP contribution in [0.25, 0.3) is 0 Å². The lowest BCUT2D eigenvalue weighted by atomic mass is 10.2. The van der Waals surface area contributed by atoms with Crippen LogP contribution in [0.3, 0.4) is 0 Å². The van der Waals surface area contributed by atoms with Gasteiger partial charge < -0.3 is 15.0 Å². The van der Waals surface area contributed by atoms with Crippen molar-refractivity contribution in [3.8, 4) is 5.75 Å². The third kappa shape index (κ3) is 4.97. The maximum atomic E-state index is 12.9. The van der Waals surface area contributed by atoms with Crippen molar-refractivity contribution >= 4 is 5.91 Å². The molecule has 140 valence electrons. The molecule has 1 amide bonds. The average Bonchev–Trinajstić information content (AvgIpc) is 3.14. The molecular weight excluding hydrogens is 355 g/mol. The fraction of sp³-hybridized carbons (Fsp3) is 0.235. The first-order valence-corrected chi connectivity index (χ1v) is 8.11. The predicted octanol–water partition coefficient (Wildman–Crippen LogP) is 0.898. The number of aromatic nitrogens is 5. The maximum absolute atomic E-state index is 12.9. The van der Waals surface area contributed by atoms with Gasteiger partial charge in [0.25, 0.3) is 11.5 Å². The lowest BCUT2D eigenvalue weighted by Crippen LogP contribution is -2.38. The van der Waals surface area contributed by atoms with Gasteiger partial charge in [-0.15, -0.1) is 0 Å². The molecule has 2 aromatic heterocycles. The molecule has 0 saturated carbocycles. The van der Waals surface area contributed by atoms with Crippen molar-refractivity contribution in [2.45, 2.75) is 26.1 Å². The molecule has 0 radical (unpaired) electrons. The second kappa shape index (κ2) is 8.21. The monoisotopic (exact) mass is 372 g/mol. The minimum absolute atomic E-state index is 0.0223. The van der Waals surface area contributed by atoms with Crippen molar-refractivity contribution in [3.63, 3.8) is 0 Å². The summed E-state index contributed by atoms with van der Waals surface area (Å²) < 4.78 is 19.8. The van der Waals surface area contributed by atoms with Crippen LogP contribution in [0.15, 0.2) is 47.9 Å². The summed E-state index contributed by atoms with van der Waals surface area (Å²) in [5, 5.41) is 6.66. The number of aromatic amines is 1. The molecule has 3 aromatic rings. The molecule has 3 rings (SSSR count). The molecule has 0 fully saturated rings. The lowest BCUT2D eigenvalue weighted by molar-refractivity contribution is 0.0934. The van der Waals surface area contributed by atoms with Crippen LogP contribution in [0.4, 0.5) is 4.39 Å². The van der Waals surface area contributed by atoms with E-state index in [-0.39, 0.29) is 29.9 Å². The van der Waals surface area contributed by atoms with Gasteiger partial charge in [-0.3, -0.25) is 14.3 Å². The number of hydrogen-bond acceptors (Lipinski definition) is 6. The van der Waals surface area contributed by atoms with E-state index in [1.165, 1.54) is 43.1 Å². The van der Waals surface area contributed by atoms with Crippen LogP contribution in [0, 0.1) is 5.82 Å².